The average molecular weight is 349 g/mol. The summed E-state index contributed by atoms with van der Waals surface area (Å²) in [5, 5.41) is 5.99. The smallest absolute Gasteiger partial charge is 0.239 e. The van der Waals surface area contributed by atoms with Gasteiger partial charge in [0.15, 0.2) is 5.78 Å². The van der Waals surface area contributed by atoms with Gasteiger partial charge in [-0.25, -0.2) is 4.98 Å². The highest BCUT2D eigenvalue weighted by Gasteiger charge is 2.11. The minimum absolute atomic E-state index is 0.0412. The topological polar surface area (TPSA) is 76.0 Å². The fourth-order valence-corrected chi connectivity index (χ4v) is 2.39. The normalized spacial score (nSPS) is 10.7. The number of alkyl halides is 1. The van der Waals surface area contributed by atoms with E-state index in [2.05, 4.69) is 34.0 Å². The van der Waals surface area contributed by atoms with E-state index in [9.17, 15) is 9.59 Å². The number of hydrogen-bond acceptors (Lipinski definition) is 4. The van der Waals surface area contributed by atoms with Crippen molar-refractivity contribution in [3.05, 3.63) is 42.0 Å². The van der Waals surface area contributed by atoms with Crippen LogP contribution in [-0.2, 0) is 11.3 Å². The van der Waals surface area contributed by atoms with E-state index in [0.29, 0.717) is 29.5 Å². The summed E-state index contributed by atoms with van der Waals surface area (Å²) >= 11 is 5.55. The zero-order valence-corrected chi connectivity index (χ0v) is 14.7. The molecule has 2 N–H and O–H groups in total. The lowest BCUT2D eigenvalue weighted by atomic mass is 10.1. The first-order chi connectivity index (χ1) is 11.4. The Morgan fingerprint density at radius 3 is 2.67 bits per heavy atom. The van der Waals surface area contributed by atoms with Crippen LogP contribution in [0.4, 0.5) is 11.4 Å². The lowest BCUT2D eigenvalue weighted by Crippen LogP contribution is -2.15. The average Bonchev–Trinajstić information content (AvgIpc) is 3.02. The lowest BCUT2D eigenvalue weighted by molar-refractivity contribution is -0.113. The van der Waals surface area contributed by atoms with Gasteiger partial charge in [-0.15, -0.1) is 11.6 Å². The van der Waals surface area contributed by atoms with E-state index in [1.807, 2.05) is 0 Å². The maximum atomic E-state index is 11.6. The molecule has 0 aliphatic rings. The summed E-state index contributed by atoms with van der Waals surface area (Å²) in [4.78, 5) is 27.4. The molecular weight excluding hydrogens is 328 g/mol. The van der Waals surface area contributed by atoms with Crippen LogP contribution in [0.2, 0.25) is 0 Å². The molecule has 0 aliphatic heterocycles. The van der Waals surface area contributed by atoms with E-state index in [1.165, 1.54) is 6.92 Å². The molecule has 1 aromatic carbocycles. The van der Waals surface area contributed by atoms with Gasteiger partial charge in [-0.3, -0.25) is 9.59 Å². The number of ketones is 1. The maximum Gasteiger partial charge on any atom is 0.239 e. The highest BCUT2D eigenvalue weighted by Crippen LogP contribution is 2.25. The number of Topliss-reactive ketones (excluding diaryl/α,β-unsaturated/α-hetero) is 1. The number of hydrogen-bond donors (Lipinski definition) is 2. The Bertz CT molecular complexity index is 740. The fraction of sp³-hybridized carbons (Fsp3) is 0.353. The molecular formula is C17H21ClN4O2. The molecule has 2 rings (SSSR count). The Kier molecular flexibility index (Phi) is 5.98. The Hall–Kier alpha value is -2.34. The number of aromatic nitrogens is 2. The first-order valence-electron chi connectivity index (χ1n) is 7.67. The van der Waals surface area contributed by atoms with E-state index in [1.54, 1.807) is 30.7 Å². The van der Waals surface area contributed by atoms with Crippen molar-refractivity contribution in [1.82, 2.24) is 9.55 Å². The van der Waals surface area contributed by atoms with Gasteiger partial charge in [-0.05, 0) is 39.0 Å². The molecule has 0 unspecified atom stereocenters. The van der Waals surface area contributed by atoms with Gasteiger partial charge < -0.3 is 15.2 Å². The Balaban J connectivity index is 2.25. The minimum atomic E-state index is -0.303. The van der Waals surface area contributed by atoms with Gasteiger partial charge >= 0.3 is 0 Å². The van der Waals surface area contributed by atoms with Crippen LogP contribution in [0.1, 0.15) is 42.9 Å². The summed E-state index contributed by atoms with van der Waals surface area (Å²) < 4.78 is 2.05. The number of nitrogens with one attached hydrogen (secondary N) is 2. The third kappa shape index (κ3) is 4.35. The molecule has 1 amide bonds. The van der Waals surface area contributed by atoms with Gasteiger partial charge in [-0.1, -0.05) is 0 Å². The number of carbonyl (C=O) groups excluding carboxylic acids is 2. The second kappa shape index (κ2) is 7.97. The molecule has 0 radical (unpaired) electrons. The highest BCUT2D eigenvalue weighted by molar-refractivity contribution is 6.29. The van der Waals surface area contributed by atoms with Crippen LogP contribution in [0.3, 0.4) is 0 Å². The number of carbonyl (C=O) groups is 2. The van der Waals surface area contributed by atoms with E-state index in [4.69, 9.17) is 11.6 Å². The van der Waals surface area contributed by atoms with E-state index < -0.39 is 0 Å². The minimum Gasteiger partial charge on any atom is -0.378 e. The monoisotopic (exact) mass is 348 g/mol. The molecule has 6 nitrogen and oxygen atoms in total. The maximum absolute atomic E-state index is 11.6. The summed E-state index contributed by atoms with van der Waals surface area (Å²) in [5.74, 6) is -0.475. The summed E-state index contributed by atoms with van der Waals surface area (Å²) in [6.45, 7) is 6.18. The molecule has 0 saturated heterocycles. The zero-order chi connectivity index (χ0) is 17.7. The van der Waals surface area contributed by atoms with E-state index in [-0.39, 0.29) is 17.6 Å². The van der Waals surface area contributed by atoms with Gasteiger partial charge in [0.2, 0.25) is 5.91 Å². The molecule has 1 heterocycles. The van der Waals surface area contributed by atoms with Gasteiger partial charge in [0.1, 0.15) is 5.88 Å². The Labute approximate surface area is 146 Å². The SMILES string of the molecule is CC(=O)c1ccc(NC(=O)CCl)c(NCc2cncn2C(C)C)c1. The molecule has 0 atom stereocenters. The van der Waals surface area contributed by atoms with Crippen LogP contribution in [0.5, 0.6) is 0 Å². The first kappa shape index (κ1) is 18.0. The van der Waals surface area contributed by atoms with Crippen molar-refractivity contribution in [1.29, 1.82) is 0 Å². The van der Waals surface area contributed by atoms with Crippen LogP contribution < -0.4 is 10.6 Å². The fourth-order valence-electron chi connectivity index (χ4n) is 2.32. The molecule has 24 heavy (non-hydrogen) atoms. The molecule has 7 heteroatoms. The summed E-state index contributed by atoms with van der Waals surface area (Å²) in [5.41, 5.74) is 2.82. The molecule has 0 aliphatic carbocycles. The number of benzene rings is 1. The number of rotatable bonds is 7. The van der Waals surface area contributed by atoms with Gasteiger partial charge in [-0.2, -0.15) is 0 Å². The molecule has 2 aromatic rings. The Morgan fingerprint density at radius 2 is 2.04 bits per heavy atom. The molecule has 1 aromatic heterocycles. The lowest BCUT2D eigenvalue weighted by Gasteiger charge is -2.16. The van der Waals surface area contributed by atoms with Crippen LogP contribution in [0.25, 0.3) is 0 Å². The van der Waals surface area contributed by atoms with Gasteiger partial charge in [0.25, 0.3) is 0 Å². The second-order valence-electron chi connectivity index (χ2n) is 5.74. The third-order valence-electron chi connectivity index (χ3n) is 3.58. The number of amides is 1. The summed E-state index contributed by atoms with van der Waals surface area (Å²) in [6.07, 6.45) is 3.57. The summed E-state index contributed by atoms with van der Waals surface area (Å²) in [6, 6.07) is 5.39. The van der Waals surface area contributed by atoms with E-state index >= 15 is 0 Å². The number of imidazole rings is 1. The number of halogens is 1. The van der Waals surface area contributed by atoms with Crippen LogP contribution in [0.15, 0.2) is 30.7 Å². The van der Waals surface area contributed by atoms with Crippen LogP contribution in [-0.4, -0.2) is 27.1 Å². The standard InChI is InChI=1S/C17H21ClN4O2/c1-11(2)22-10-19-8-14(22)9-20-16-6-13(12(3)23)4-5-15(16)21-17(24)7-18/h4-6,8,10-11,20H,7,9H2,1-3H3,(H,21,24). The van der Waals surface area contributed by atoms with Gasteiger partial charge in [0, 0.05) is 17.8 Å². The molecule has 0 fully saturated rings. The zero-order valence-electron chi connectivity index (χ0n) is 14.0. The largest absolute Gasteiger partial charge is 0.378 e. The predicted octanol–water partition coefficient (Wildman–Crippen LogP) is 3.46. The van der Waals surface area contributed by atoms with Crippen LogP contribution in [0, 0.1) is 0 Å². The summed E-state index contributed by atoms with van der Waals surface area (Å²) in [7, 11) is 0. The van der Waals surface area contributed by atoms with Crippen molar-refractivity contribution in [2.24, 2.45) is 0 Å². The highest BCUT2D eigenvalue weighted by atomic mass is 35.5. The second-order valence-corrected chi connectivity index (χ2v) is 6.01. The van der Waals surface area contributed by atoms with E-state index in [0.717, 1.165) is 5.69 Å². The number of anilines is 2. The predicted molar refractivity (Wildman–Crippen MR) is 95.7 cm³/mol. The van der Waals surface area contributed by atoms with Crippen molar-refractivity contribution < 1.29 is 9.59 Å². The van der Waals surface area contributed by atoms with Crippen molar-refractivity contribution in [2.75, 3.05) is 16.5 Å². The van der Waals surface area contributed by atoms with Crippen LogP contribution >= 0.6 is 11.6 Å². The Morgan fingerprint density at radius 1 is 1.29 bits per heavy atom. The molecule has 0 bridgehead atoms. The third-order valence-corrected chi connectivity index (χ3v) is 3.83. The van der Waals surface area contributed by atoms with Crippen molar-refractivity contribution in [3.8, 4) is 0 Å². The molecule has 0 saturated carbocycles. The van der Waals surface area contributed by atoms with Gasteiger partial charge in [0.05, 0.1) is 29.9 Å². The van der Waals surface area contributed by atoms with Crippen molar-refractivity contribution in [3.63, 3.8) is 0 Å². The quantitative estimate of drug-likeness (QED) is 0.593. The molecule has 128 valence electrons. The first-order valence-corrected chi connectivity index (χ1v) is 8.21. The van der Waals surface area contributed by atoms with Crippen molar-refractivity contribution in [2.45, 2.75) is 33.4 Å². The number of nitrogens with zero attached hydrogens (tertiary/aromatic N) is 2. The molecule has 0 spiro atoms. The van der Waals surface area contributed by atoms with Crippen molar-refractivity contribution >= 4 is 34.7 Å².